The maximum absolute atomic E-state index is 11.1. The topological polar surface area (TPSA) is 82.1 Å². The van der Waals surface area contributed by atoms with Crippen LogP contribution in [-0.4, -0.2) is 37.7 Å². The van der Waals surface area contributed by atoms with Crippen molar-refractivity contribution < 1.29 is 28.9 Å². The highest BCUT2D eigenvalue weighted by atomic mass is 16.5. The Bertz CT molecular complexity index is 521. The van der Waals surface area contributed by atoms with Gasteiger partial charge in [0.15, 0.2) is 17.3 Å². The van der Waals surface area contributed by atoms with Crippen LogP contribution in [0.25, 0.3) is 0 Å². The Morgan fingerprint density at radius 3 is 2.67 bits per heavy atom. The molecule has 21 heavy (non-hydrogen) atoms. The zero-order valence-electron chi connectivity index (χ0n) is 12.0. The number of aliphatic hydroxyl groups excluding tert-OH is 1. The molecule has 0 radical (unpaired) electrons. The Labute approximate surface area is 122 Å². The van der Waals surface area contributed by atoms with Gasteiger partial charge in [-0.05, 0) is 31.2 Å². The third-order valence-corrected chi connectivity index (χ3v) is 2.59. The first-order chi connectivity index (χ1) is 10.1. The third-order valence-electron chi connectivity index (χ3n) is 2.59. The Balaban J connectivity index is 2.39. The zero-order chi connectivity index (χ0) is 15.7. The molecule has 0 aliphatic rings. The molecule has 6 nitrogen and oxygen atoms in total. The first-order valence-electron chi connectivity index (χ1n) is 6.40. The standard InChI is InChI=1S/C15H18O6/c1-3-12(17)15(18)21-8-4-7-20-13-6-5-11(10-16)9-14(13)19-2/h3,5-6,9-10,17H,4,7-8H2,1-2H3. The van der Waals surface area contributed by atoms with E-state index in [1.165, 1.54) is 20.1 Å². The summed E-state index contributed by atoms with van der Waals surface area (Å²) in [5.74, 6) is -0.207. The second-order valence-electron chi connectivity index (χ2n) is 4.04. The van der Waals surface area contributed by atoms with Crippen LogP contribution in [0.3, 0.4) is 0 Å². The van der Waals surface area contributed by atoms with Gasteiger partial charge in [-0.15, -0.1) is 0 Å². The summed E-state index contributed by atoms with van der Waals surface area (Å²) in [7, 11) is 1.48. The average molecular weight is 294 g/mol. The lowest BCUT2D eigenvalue weighted by molar-refractivity contribution is -0.142. The molecule has 0 aliphatic carbocycles. The highest BCUT2D eigenvalue weighted by Crippen LogP contribution is 2.27. The number of esters is 1. The molecule has 0 heterocycles. The molecule has 1 aromatic carbocycles. The van der Waals surface area contributed by atoms with E-state index in [1.807, 2.05) is 0 Å². The van der Waals surface area contributed by atoms with Crippen molar-refractivity contribution in [2.45, 2.75) is 13.3 Å². The van der Waals surface area contributed by atoms with Crippen LogP contribution in [0, 0.1) is 0 Å². The van der Waals surface area contributed by atoms with E-state index in [-0.39, 0.29) is 6.61 Å². The summed E-state index contributed by atoms with van der Waals surface area (Å²) in [5, 5.41) is 9.09. The maximum atomic E-state index is 11.1. The van der Waals surface area contributed by atoms with Crippen LogP contribution in [0.2, 0.25) is 0 Å². The number of ether oxygens (including phenoxy) is 3. The Morgan fingerprint density at radius 2 is 2.05 bits per heavy atom. The van der Waals surface area contributed by atoms with E-state index in [0.29, 0.717) is 30.1 Å². The van der Waals surface area contributed by atoms with Gasteiger partial charge in [0.2, 0.25) is 0 Å². The fourth-order valence-electron chi connectivity index (χ4n) is 1.47. The maximum Gasteiger partial charge on any atom is 0.373 e. The molecule has 0 saturated heterocycles. The SMILES string of the molecule is CC=C(O)C(=O)OCCCOc1ccc(C=O)cc1OC. The molecule has 0 spiro atoms. The van der Waals surface area contributed by atoms with Gasteiger partial charge in [-0.25, -0.2) is 4.79 Å². The summed E-state index contributed by atoms with van der Waals surface area (Å²) in [6.45, 7) is 1.97. The van der Waals surface area contributed by atoms with Crippen LogP contribution in [0.1, 0.15) is 23.7 Å². The molecule has 0 aliphatic heterocycles. The normalized spacial score (nSPS) is 10.9. The first kappa shape index (κ1) is 16.6. The molecule has 6 heteroatoms. The summed E-state index contributed by atoms with van der Waals surface area (Å²) in [5.41, 5.74) is 0.495. The third kappa shape index (κ3) is 5.18. The smallest absolute Gasteiger partial charge is 0.373 e. The van der Waals surface area contributed by atoms with Crippen molar-refractivity contribution in [1.82, 2.24) is 0 Å². The van der Waals surface area contributed by atoms with E-state index in [0.717, 1.165) is 6.29 Å². The summed E-state index contributed by atoms with van der Waals surface area (Å²) in [4.78, 5) is 21.8. The van der Waals surface area contributed by atoms with E-state index < -0.39 is 11.7 Å². The molecule has 0 fully saturated rings. The van der Waals surface area contributed by atoms with Crippen LogP contribution < -0.4 is 9.47 Å². The summed E-state index contributed by atoms with van der Waals surface area (Å²) < 4.78 is 15.4. The molecule has 0 saturated carbocycles. The van der Waals surface area contributed by atoms with Gasteiger partial charge in [-0.3, -0.25) is 4.79 Å². The molecular formula is C15H18O6. The molecule has 1 N–H and O–H groups in total. The van der Waals surface area contributed by atoms with E-state index in [9.17, 15) is 9.59 Å². The van der Waals surface area contributed by atoms with Crippen LogP contribution in [-0.2, 0) is 9.53 Å². The Morgan fingerprint density at radius 1 is 1.29 bits per heavy atom. The molecule has 1 rings (SSSR count). The van der Waals surface area contributed by atoms with Crippen molar-refractivity contribution in [3.63, 3.8) is 0 Å². The quantitative estimate of drug-likeness (QED) is 0.260. The van der Waals surface area contributed by atoms with E-state index >= 15 is 0 Å². The highest BCUT2D eigenvalue weighted by molar-refractivity contribution is 5.85. The van der Waals surface area contributed by atoms with Crippen LogP contribution in [0.5, 0.6) is 11.5 Å². The largest absolute Gasteiger partial charge is 0.502 e. The van der Waals surface area contributed by atoms with Gasteiger partial charge in [0.1, 0.15) is 6.29 Å². The first-order valence-corrected chi connectivity index (χ1v) is 6.40. The molecule has 0 atom stereocenters. The van der Waals surface area contributed by atoms with Gasteiger partial charge in [0.05, 0.1) is 20.3 Å². The molecule has 0 bridgehead atoms. The van der Waals surface area contributed by atoms with E-state index in [2.05, 4.69) is 0 Å². The predicted molar refractivity (Wildman–Crippen MR) is 75.8 cm³/mol. The number of benzene rings is 1. The van der Waals surface area contributed by atoms with Gasteiger partial charge in [-0.1, -0.05) is 0 Å². The molecule has 1 aromatic rings. The van der Waals surface area contributed by atoms with Crippen LogP contribution in [0.4, 0.5) is 0 Å². The molecule has 0 aromatic heterocycles. The number of carbonyl (C=O) groups excluding carboxylic acids is 2. The van der Waals surface area contributed by atoms with Gasteiger partial charge >= 0.3 is 5.97 Å². The van der Waals surface area contributed by atoms with Crippen molar-refractivity contribution in [3.05, 3.63) is 35.6 Å². The zero-order valence-corrected chi connectivity index (χ0v) is 12.0. The minimum Gasteiger partial charge on any atom is -0.502 e. The number of aliphatic hydroxyl groups is 1. The van der Waals surface area contributed by atoms with Crippen LogP contribution >= 0.6 is 0 Å². The fraction of sp³-hybridized carbons (Fsp3) is 0.333. The van der Waals surface area contributed by atoms with Crippen molar-refractivity contribution in [2.24, 2.45) is 0 Å². The number of allylic oxidation sites excluding steroid dienone is 1. The molecule has 114 valence electrons. The lowest BCUT2D eigenvalue weighted by Crippen LogP contribution is -2.11. The number of hydrogen-bond donors (Lipinski definition) is 1. The lowest BCUT2D eigenvalue weighted by atomic mass is 10.2. The summed E-state index contributed by atoms with van der Waals surface area (Å²) in [6.07, 6.45) is 2.44. The minimum atomic E-state index is -0.759. The number of rotatable bonds is 8. The van der Waals surface area contributed by atoms with Gasteiger partial charge in [0, 0.05) is 12.0 Å². The average Bonchev–Trinajstić information content (AvgIpc) is 2.53. The highest BCUT2D eigenvalue weighted by Gasteiger charge is 2.08. The number of aldehydes is 1. The van der Waals surface area contributed by atoms with Crippen molar-refractivity contribution in [1.29, 1.82) is 0 Å². The molecule has 0 amide bonds. The number of methoxy groups -OCH3 is 1. The Hall–Kier alpha value is -2.50. The van der Waals surface area contributed by atoms with Crippen molar-refractivity contribution >= 4 is 12.3 Å². The Kier molecular flexibility index (Phi) is 6.80. The van der Waals surface area contributed by atoms with Crippen LogP contribution in [0.15, 0.2) is 30.0 Å². The monoisotopic (exact) mass is 294 g/mol. The van der Waals surface area contributed by atoms with Gasteiger partial charge in [0.25, 0.3) is 0 Å². The molecule has 0 unspecified atom stereocenters. The number of carbonyl (C=O) groups is 2. The predicted octanol–water partition coefficient (Wildman–Crippen LogP) is 2.28. The van der Waals surface area contributed by atoms with E-state index in [1.54, 1.807) is 18.2 Å². The van der Waals surface area contributed by atoms with Gasteiger partial charge in [-0.2, -0.15) is 0 Å². The fourth-order valence-corrected chi connectivity index (χ4v) is 1.47. The molecular weight excluding hydrogens is 276 g/mol. The van der Waals surface area contributed by atoms with Gasteiger partial charge < -0.3 is 19.3 Å². The van der Waals surface area contributed by atoms with Crippen molar-refractivity contribution in [3.8, 4) is 11.5 Å². The lowest BCUT2D eigenvalue weighted by Gasteiger charge is -2.11. The minimum absolute atomic E-state index is 0.130. The number of hydrogen-bond acceptors (Lipinski definition) is 6. The van der Waals surface area contributed by atoms with Crippen molar-refractivity contribution in [2.75, 3.05) is 20.3 Å². The second-order valence-corrected chi connectivity index (χ2v) is 4.04. The summed E-state index contributed by atoms with van der Waals surface area (Å²) >= 11 is 0. The summed E-state index contributed by atoms with van der Waals surface area (Å²) in [6, 6.07) is 4.83. The second kappa shape index (κ2) is 8.63. The van der Waals surface area contributed by atoms with E-state index in [4.69, 9.17) is 19.3 Å².